The van der Waals surface area contributed by atoms with Gasteiger partial charge in [-0.1, -0.05) is 6.61 Å². The fourth-order valence-electron chi connectivity index (χ4n) is 0. The summed E-state index contributed by atoms with van der Waals surface area (Å²) in [5, 5.41) is 15.1. The first-order valence-electron chi connectivity index (χ1n) is 0.983. The standard InChI is InChI=1S/C2H5O2.Ag.H2O/c3-1-2-4;;/h1,3-4H,2H2;;1H2/q-1;+1;. The summed E-state index contributed by atoms with van der Waals surface area (Å²) in [4.78, 5) is 0. The van der Waals surface area contributed by atoms with Crippen molar-refractivity contribution in [2.24, 2.45) is 0 Å². The van der Waals surface area contributed by atoms with Crippen LogP contribution in [-0.4, -0.2) is 22.3 Å². The molecule has 0 aromatic heterocycles. The summed E-state index contributed by atoms with van der Waals surface area (Å²) in [5.74, 6) is 0. The van der Waals surface area contributed by atoms with Gasteiger partial charge in [-0.2, -0.15) is 6.61 Å². The normalized spacial score (nSPS) is 5.00. The largest absolute Gasteiger partial charge is 1.00 e. The maximum atomic E-state index is 7.57. The molecule has 4 N–H and O–H groups in total. The number of rotatable bonds is 1. The zero-order valence-corrected chi connectivity index (χ0v) is 4.46. The predicted octanol–water partition coefficient (Wildman–Crippen LogP) is -1.31. The SMILES string of the molecule is O.O[CH-]CO.[Ag+]. The second-order valence-electron chi connectivity index (χ2n) is 0.365. The van der Waals surface area contributed by atoms with E-state index < -0.39 is 0 Å². The van der Waals surface area contributed by atoms with Crippen molar-refractivity contribution < 1.29 is 38.1 Å². The second-order valence-corrected chi connectivity index (χ2v) is 0.365. The van der Waals surface area contributed by atoms with Gasteiger partial charge in [0.25, 0.3) is 0 Å². The average Bonchev–Trinajstić information content (AvgIpc) is 1.37. The van der Waals surface area contributed by atoms with Gasteiger partial charge < -0.3 is 15.7 Å². The zero-order chi connectivity index (χ0) is 3.41. The predicted molar refractivity (Wildman–Crippen MR) is 16.9 cm³/mol. The third kappa shape index (κ3) is 23.1. The van der Waals surface area contributed by atoms with E-state index in [1.807, 2.05) is 0 Å². The molecule has 4 heteroatoms. The van der Waals surface area contributed by atoms with Crippen molar-refractivity contribution >= 4 is 0 Å². The second kappa shape index (κ2) is 17.5. The van der Waals surface area contributed by atoms with Crippen LogP contribution in [-0.2, 0) is 22.4 Å². The molecule has 3 nitrogen and oxygen atoms in total. The fourth-order valence-corrected chi connectivity index (χ4v) is 0. The third-order valence-electron chi connectivity index (χ3n) is 0.0816. The van der Waals surface area contributed by atoms with Gasteiger partial charge in [0.1, 0.15) is 0 Å². The summed E-state index contributed by atoms with van der Waals surface area (Å²) >= 11 is 0. The van der Waals surface area contributed by atoms with E-state index in [0.29, 0.717) is 6.61 Å². The van der Waals surface area contributed by atoms with Crippen molar-refractivity contribution in [2.45, 2.75) is 0 Å². The van der Waals surface area contributed by atoms with Crippen molar-refractivity contribution in [1.82, 2.24) is 0 Å². The summed E-state index contributed by atoms with van der Waals surface area (Å²) in [7, 11) is 0. The van der Waals surface area contributed by atoms with Gasteiger partial charge in [-0.3, -0.25) is 0 Å². The summed E-state index contributed by atoms with van der Waals surface area (Å²) in [6.45, 7) is 0.431. The molecule has 0 bridgehead atoms. The Labute approximate surface area is 51.8 Å². The van der Waals surface area contributed by atoms with Crippen LogP contribution in [0.2, 0.25) is 0 Å². The molecule has 0 aliphatic carbocycles. The van der Waals surface area contributed by atoms with Crippen LogP contribution in [0.1, 0.15) is 0 Å². The van der Waals surface area contributed by atoms with Gasteiger partial charge in [0.15, 0.2) is 0 Å². The van der Waals surface area contributed by atoms with E-state index in [2.05, 4.69) is 0 Å². The van der Waals surface area contributed by atoms with Crippen molar-refractivity contribution in [3.63, 3.8) is 0 Å². The van der Waals surface area contributed by atoms with Crippen LogP contribution in [0, 0.1) is 6.61 Å². The molecule has 0 saturated carbocycles. The van der Waals surface area contributed by atoms with Gasteiger partial charge in [-0.25, -0.2) is 0 Å². The Hall–Kier alpha value is 0.620. The first-order chi connectivity index (χ1) is 1.91. The van der Waals surface area contributed by atoms with Crippen molar-refractivity contribution in [3.8, 4) is 0 Å². The van der Waals surface area contributed by atoms with Gasteiger partial charge in [0, 0.05) is 0 Å². The molecule has 0 fully saturated rings. The summed E-state index contributed by atoms with van der Waals surface area (Å²) in [6.07, 6.45) is 0. The van der Waals surface area contributed by atoms with Crippen molar-refractivity contribution in [1.29, 1.82) is 0 Å². The zero-order valence-electron chi connectivity index (χ0n) is 2.98. The van der Waals surface area contributed by atoms with Crippen LogP contribution in [0.25, 0.3) is 0 Å². The van der Waals surface area contributed by atoms with Gasteiger partial charge in [-0.15, -0.1) is 0 Å². The monoisotopic (exact) mass is 186 g/mol. The minimum atomic E-state index is -0.250. The molecule has 0 heterocycles. The minimum Gasteiger partial charge on any atom is -0.564 e. The van der Waals surface area contributed by atoms with E-state index in [9.17, 15) is 0 Å². The topological polar surface area (TPSA) is 72.0 Å². The van der Waals surface area contributed by atoms with E-state index in [4.69, 9.17) is 10.2 Å². The Morgan fingerprint density at radius 1 is 1.50 bits per heavy atom. The molecule has 0 amide bonds. The quantitative estimate of drug-likeness (QED) is 0.395. The molecule has 0 rings (SSSR count). The van der Waals surface area contributed by atoms with Gasteiger partial charge >= 0.3 is 22.4 Å². The third-order valence-corrected chi connectivity index (χ3v) is 0.0816. The van der Waals surface area contributed by atoms with Gasteiger partial charge in [-0.05, 0) is 0 Å². The fraction of sp³-hybridized carbons (Fsp3) is 0.500. The smallest absolute Gasteiger partial charge is 0.564 e. The summed E-state index contributed by atoms with van der Waals surface area (Å²) < 4.78 is 0. The molecule has 0 aromatic carbocycles. The maximum absolute atomic E-state index is 7.57. The molecule has 0 aromatic rings. The molecular formula is C2H7AgO3. The van der Waals surface area contributed by atoms with Gasteiger partial charge in [0.05, 0.1) is 0 Å². The van der Waals surface area contributed by atoms with Crippen LogP contribution >= 0.6 is 0 Å². The van der Waals surface area contributed by atoms with Crippen LogP contribution in [0.4, 0.5) is 0 Å². The number of hydrogen-bond donors (Lipinski definition) is 2. The first-order valence-corrected chi connectivity index (χ1v) is 0.983. The Bertz CT molecular complexity index is 10.8. The van der Waals surface area contributed by atoms with Crippen molar-refractivity contribution in [3.05, 3.63) is 6.61 Å². The molecule has 6 heavy (non-hydrogen) atoms. The minimum absolute atomic E-state index is 0. The molecule has 0 saturated heterocycles. The van der Waals surface area contributed by atoms with E-state index in [0.717, 1.165) is 0 Å². The Morgan fingerprint density at radius 3 is 1.67 bits per heavy atom. The molecule has 0 aliphatic heterocycles. The molecule has 0 aliphatic rings. The van der Waals surface area contributed by atoms with E-state index in [1.165, 1.54) is 0 Å². The van der Waals surface area contributed by atoms with Crippen LogP contribution < -0.4 is 0 Å². The molecule has 0 atom stereocenters. The summed E-state index contributed by atoms with van der Waals surface area (Å²) in [6, 6.07) is 0. The van der Waals surface area contributed by atoms with Crippen molar-refractivity contribution in [2.75, 3.05) is 6.61 Å². The first kappa shape index (κ1) is 16.0. The van der Waals surface area contributed by atoms with Crippen LogP contribution in [0.15, 0.2) is 0 Å². The summed E-state index contributed by atoms with van der Waals surface area (Å²) in [5.41, 5.74) is 0. The maximum Gasteiger partial charge on any atom is 1.00 e. The Balaban J connectivity index is -0.0000000450. The number of hydrogen-bond acceptors (Lipinski definition) is 2. The van der Waals surface area contributed by atoms with E-state index in [-0.39, 0.29) is 34.5 Å². The molecule has 0 radical (unpaired) electrons. The van der Waals surface area contributed by atoms with Gasteiger partial charge in [0.2, 0.25) is 0 Å². The average molecular weight is 187 g/mol. The van der Waals surface area contributed by atoms with E-state index >= 15 is 0 Å². The Morgan fingerprint density at radius 2 is 1.67 bits per heavy atom. The van der Waals surface area contributed by atoms with Crippen LogP contribution in [0.5, 0.6) is 0 Å². The Kier molecular flexibility index (Phi) is 46.5. The molecule has 0 spiro atoms. The van der Waals surface area contributed by atoms with Crippen LogP contribution in [0.3, 0.4) is 0 Å². The molecule has 0 unspecified atom stereocenters. The van der Waals surface area contributed by atoms with E-state index in [1.54, 1.807) is 0 Å². The molecular weight excluding hydrogens is 180 g/mol. The molecule has 44 valence electrons. The number of aliphatic hydroxyl groups is 2. The number of aliphatic hydroxyl groups excluding tert-OH is 2.